The first-order valence-electron chi connectivity index (χ1n) is 2.45. The maximum absolute atomic E-state index is 10.4. The van der Waals surface area contributed by atoms with Gasteiger partial charge in [0.1, 0.15) is 0 Å². The SMILES string of the molecule is O=Ic1cc(Cl)cc(Cl)c1. The first kappa shape index (κ1) is 8.43. The van der Waals surface area contributed by atoms with Crippen molar-refractivity contribution >= 4 is 44.4 Å². The summed E-state index contributed by atoms with van der Waals surface area (Å²) in [6.07, 6.45) is 0. The van der Waals surface area contributed by atoms with Gasteiger partial charge in [-0.15, -0.1) is 0 Å². The van der Waals surface area contributed by atoms with Gasteiger partial charge in [-0.25, -0.2) is 0 Å². The van der Waals surface area contributed by atoms with Gasteiger partial charge in [0.15, 0.2) is 21.2 Å². The lowest BCUT2D eigenvalue weighted by atomic mass is 10.4. The van der Waals surface area contributed by atoms with Crippen LogP contribution >= 0.6 is 44.4 Å². The summed E-state index contributed by atoms with van der Waals surface area (Å²) in [5.74, 6) is 0. The van der Waals surface area contributed by atoms with Crippen molar-refractivity contribution in [1.29, 1.82) is 0 Å². The van der Waals surface area contributed by atoms with Crippen molar-refractivity contribution < 1.29 is 3.07 Å². The second-order valence-electron chi connectivity index (χ2n) is 1.66. The highest BCUT2D eigenvalue weighted by Gasteiger charge is 1.95. The van der Waals surface area contributed by atoms with E-state index in [-0.39, 0.29) is 0 Å². The van der Waals surface area contributed by atoms with Crippen LogP contribution in [-0.2, 0) is 3.07 Å². The van der Waals surface area contributed by atoms with Crippen molar-refractivity contribution in [2.45, 2.75) is 0 Å². The van der Waals surface area contributed by atoms with Crippen LogP contribution in [0.3, 0.4) is 0 Å². The molecule has 0 atom stereocenters. The highest BCUT2D eigenvalue weighted by molar-refractivity contribution is 14.1. The van der Waals surface area contributed by atoms with Gasteiger partial charge >= 0.3 is 0 Å². The van der Waals surface area contributed by atoms with Gasteiger partial charge < -0.3 is 0 Å². The number of halogens is 3. The maximum atomic E-state index is 10.4. The molecule has 0 fully saturated rings. The first-order chi connectivity index (χ1) is 4.72. The monoisotopic (exact) mass is 288 g/mol. The average Bonchev–Trinajstić information content (AvgIpc) is 1.85. The van der Waals surface area contributed by atoms with Crippen LogP contribution in [0.1, 0.15) is 0 Å². The minimum absolute atomic E-state index is 0.540. The number of hydrogen-bond acceptors (Lipinski definition) is 1. The maximum Gasteiger partial charge on any atom is 0.182 e. The summed E-state index contributed by atoms with van der Waals surface area (Å²) in [6.45, 7) is 0. The Morgan fingerprint density at radius 2 is 1.60 bits per heavy atom. The second-order valence-corrected chi connectivity index (χ2v) is 4.22. The summed E-state index contributed by atoms with van der Waals surface area (Å²) in [5, 5.41) is 1.08. The predicted molar refractivity (Wildman–Crippen MR) is 49.9 cm³/mol. The third-order valence-corrected chi connectivity index (χ3v) is 2.48. The fourth-order valence-electron chi connectivity index (χ4n) is 0.565. The Hall–Kier alpha value is 0.330. The van der Waals surface area contributed by atoms with E-state index >= 15 is 0 Å². The minimum atomic E-state index is -1.14. The molecule has 0 amide bonds. The molecule has 1 nitrogen and oxygen atoms in total. The van der Waals surface area contributed by atoms with E-state index in [1.54, 1.807) is 18.2 Å². The Kier molecular flexibility index (Phi) is 3.07. The van der Waals surface area contributed by atoms with E-state index < -0.39 is 21.2 Å². The molecule has 1 rings (SSSR count). The van der Waals surface area contributed by atoms with E-state index in [9.17, 15) is 3.07 Å². The smallest absolute Gasteiger partial charge is 0.182 e. The zero-order chi connectivity index (χ0) is 7.56. The first-order valence-corrected chi connectivity index (χ1v) is 5.17. The molecule has 0 aromatic heterocycles. The van der Waals surface area contributed by atoms with Crippen molar-refractivity contribution in [3.63, 3.8) is 0 Å². The zero-order valence-corrected chi connectivity index (χ0v) is 8.44. The number of hydrogen-bond donors (Lipinski definition) is 0. The number of benzene rings is 1. The van der Waals surface area contributed by atoms with Gasteiger partial charge in [0.25, 0.3) is 0 Å². The molecule has 0 bridgehead atoms. The van der Waals surface area contributed by atoms with E-state index in [1.807, 2.05) is 0 Å². The molecule has 0 saturated heterocycles. The molecular formula is C6H3Cl2IO. The van der Waals surface area contributed by atoms with Gasteiger partial charge in [0, 0.05) is 13.6 Å². The van der Waals surface area contributed by atoms with Crippen LogP contribution < -0.4 is 0 Å². The molecule has 54 valence electrons. The molecule has 0 unspecified atom stereocenters. The minimum Gasteiger partial charge on any atom is -0.265 e. The third-order valence-electron chi connectivity index (χ3n) is 0.916. The Morgan fingerprint density at radius 3 is 2.00 bits per heavy atom. The molecule has 0 radical (unpaired) electrons. The standard InChI is InChI=1S/C6H3Cl2IO/c7-4-1-5(8)3-6(2-4)9-10/h1-3H. The van der Waals surface area contributed by atoms with Gasteiger partial charge in [-0.2, -0.15) is 0 Å². The van der Waals surface area contributed by atoms with Crippen LogP contribution in [0.15, 0.2) is 18.2 Å². The highest BCUT2D eigenvalue weighted by atomic mass is 127. The summed E-state index contributed by atoms with van der Waals surface area (Å²) in [4.78, 5) is 0. The van der Waals surface area contributed by atoms with Crippen LogP contribution in [-0.4, -0.2) is 0 Å². The Bertz CT molecular complexity index is 242. The van der Waals surface area contributed by atoms with Crippen molar-refractivity contribution in [3.05, 3.63) is 31.8 Å². The molecule has 1 aromatic rings. The molecule has 0 saturated carbocycles. The summed E-state index contributed by atoms with van der Waals surface area (Å²) < 4.78 is 11.2. The van der Waals surface area contributed by atoms with Crippen molar-refractivity contribution in [1.82, 2.24) is 0 Å². The van der Waals surface area contributed by atoms with Crippen LogP contribution in [0.5, 0.6) is 0 Å². The normalized spacial score (nSPS) is 9.80. The molecule has 0 aliphatic carbocycles. The van der Waals surface area contributed by atoms with Gasteiger partial charge in [-0.1, -0.05) is 23.2 Å². The summed E-state index contributed by atoms with van der Waals surface area (Å²) in [5.41, 5.74) is 0. The van der Waals surface area contributed by atoms with Crippen molar-refractivity contribution in [2.24, 2.45) is 0 Å². The van der Waals surface area contributed by atoms with Gasteiger partial charge in [0.2, 0.25) is 0 Å². The van der Waals surface area contributed by atoms with E-state index in [1.165, 1.54) is 0 Å². The third kappa shape index (κ3) is 2.18. The van der Waals surface area contributed by atoms with E-state index in [4.69, 9.17) is 23.2 Å². The Labute approximate surface area is 79.0 Å². The highest BCUT2D eigenvalue weighted by Crippen LogP contribution is 2.21. The predicted octanol–water partition coefficient (Wildman–Crippen LogP) is 3.48. The Balaban J connectivity index is 3.18. The molecule has 10 heavy (non-hydrogen) atoms. The van der Waals surface area contributed by atoms with Crippen LogP contribution in [0.4, 0.5) is 0 Å². The molecule has 0 aliphatic rings. The second kappa shape index (κ2) is 3.64. The van der Waals surface area contributed by atoms with Crippen LogP contribution in [0.2, 0.25) is 10.0 Å². The van der Waals surface area contributed by atoms with Gasteiger partial charge in [0.05, 0.1) is 0 Å². The van der Waals surface area contributed by atoms with Gasteiger partial charge in [-0.05, 0) is 18.2 Å². The molecular weight excluding hydrogens is 286 g/mol. The van der Waals surface area contributed by atoms with Crippen LogP contribution in [0.25, 0.3) is 0 Å². The van der Waals surface area contributed by atoms with E-state index in [0.29, 0.717) is 10.0 Å². The van der Waals surface area contributed by atoms with Crippen molar-refractivity contribution in [2.75, 3.05) is 0 Å². The summed E-state index contributed by atoms with van der Waals surface area (Å²) >= 11 is 10.1. The lowest BCUT2D eigenvalue weighted by Gasteiger charge is -1.91. The fraction of sp³-hybridized carbons (Fsp3) is 0. The van der Waals surface area contributed by atoms with E-state index in [2.05, 4.69) is 0 Å². The molecule has 0 N–H and O–H groups in total. The van der Waals surface area contributed by atoms with Crippen LogP contribution in [0, 0.1) is 3.57 Å². The average molecular weight is 289 g/mol. The lowest BCUT2D eigenvalue weighted by molar-refractivity contribution is 0.648. The van der Waals surface area contributed by atoms with Gasteiger partial charge in [-0.3, -0.25) is 3.07 Å². The fourth-order valence-corrected chi connectivity index (χ4v) is 2.38. The number of rotatable bonds is 1. The molecule has 1 aromatic carbocycles. The molecule has 0 heterocycles. The molecule has 0 spiro atoms. The largest absolute Gasteiger partial charge is 0.265 e. The Morgan fingerprint density at radius 1 is 1.10 bits per heavy atom. The van der Waals surface area contributed by atoms with Crippen molar-refractivity contribution in [3.8, 4) is 0 Å². The molecule has 0 aliphatic heterocycles. The lowest BCUT2D eigenvalue weighted by Crippen LogP contribution is -1.71. The quantitative estimate of drug-likeness (QED) is 0.723. The summed E-state index contributed by atoms with van der Waals surface area (Å²) in [7, 11) is 0. The molecule has 4 heteroatoms. The summed E-state index contributed by atoms with van der Waals surface area (Å²) in [6, 6.07) is 4.94. The van der Waals surface area contributed by atoms with E-state index in [0.717, 1.165) is 3.57 Å². The zero-order valence-electron chi connectivity index (χ0n) is 4.77. The topological polar surface area (TPSA) is 17.1 Å².